The second kappa shape index (κ2) is 7.16. The van der Waals surface area contributed by atoms with Crippen molar-refractivity contribution in [3.8, 4) is 16.9 Å². The molecule has 3 aromatic rings. The Bertz CT molecular complexity index is 1180. The van der Waals surface area contributed by atoms with Crippen LogP contribution >= 0.6 is 11.6 Å². The van der Waals surface area contributed by atoms with Gasteiger partial charge in [-0.05, 0) is 12.1 Å². The molecule has 10 heteroatoms. The molecule has 3 rings (SSSR count). The fourth-order valence-electron chi connectivity index (χ4n) is 2.62. The van der Waals surface area contributed by atoms with Crippen molar-refractivity contribution in [3.05, 3.63) is 56.7 Å². The molecule has 28 heavy (non-hydrogen) atoms. The number of nitrogens with zero attached hydrogens (tertiary/aromatic N) is 3. The number of fused-ring (bicyclic) bond motifs is 1. The lowest BCUT2D eigenvalue weighted by Crippen LogP contribution is -2.33. The number of carbonyl (C=O) groups is 1. The van der Waals surface area contributed by atoms with Crippen molar-refractivity contribution >= 4 is 28.7 Å². The summed E-state index contributed by atoms with van der Waals surface area (Å²) in [5.74, 6) is -3.95. The van der Waals surface area contributed by atoms with E-state index in [9.17, 15) is 23.6 Å². The van der Waals surface area contributed by atoms with Crippen LogP contribution in [-0.2, 0) is 11.8 Å². The molecule has 2 aromatic heterocycles. The number of hydrogen-bond donors (Lipinski definition) is 0. The number of ether oxygens (including phenoxy) is 1. The van der Waals surface area contributed by atoms with E-state index < -0.39 is 51.0 Å². The van der Waals surface area contributed by atoms with Gasteiger partial charge in [0.25, 0.3) is 5.56 Å². The highest BCUT2D eigenvalue weighted by molar-refractivity contribution is 6.33. The molecule has 0 saturated heterocycles. The van der Waals surface area contributed by atoms with Crippen LogP contribution in [0.25, 0.3) is 22.3 Å². The van der Waals surface area contributed by atoms with Crippen LogP contribution in [0.2, 0.25) is 5.02 Å². The van der Waals surface area contributed by atoms with Gasteiger partial charge in [0, 0.05) is 12.6 Å². The first-order valence-corrected chi connectivity index (χ1v) is 8.49. The molecule has 0 saturated carbocycles. The van der Waals surface area contributed by atoms with E-state index in [0.717, 1.165) is 29.1 Å². The number of benzene rings is 1. The molecule has 0 aliphatic rings. The first-order valence-electron chi connectivity index (χ1n) is 8.11. The molecule has 0 atom stereocenters. The number of aromatic nitrogens is 3. The molecule has 146 valence electrons. The minimum atomic E-state index is -1.02. The maximum atomic E-state index is 14.6. The summed E-state index contributed by atoms with van der Waals surface area (Å²) in [5.41, 5.74) is -2.44. The van der Waals surface area contributed by atoms with Crippen molar-refractivity contribution in [3.63, 3.8) is 0 Å². The van der Waals surface area contributed by atoms with Gasteiger partial charge in [0.2, 0.25) is 11.4 Å². The van der Waals surface area contributed by atoms with Gasteiger partial charge in [0.05, 0.1) is 17.1 Å². The molecule has 0 spiro atoms. The molecule has 0 amide bonds. The predicted octanol–water partition coefficient (Wildman–Crippen LogP) is 2.73. The third kappa shape index (κ3) is 3.07. The lowest BCUT2D eigenvalue weighted by molar-refractivity contribution is -0.577. The minimum absolute atomic E-state index is 0.106. The Morgan fingerprint density at radius 1 is 1.29 bits per heavy atom. The molecule has 1 aromatic carbocycles. The summed E-state index contributed by atoms with van der Waals surface area (Å²) in [7, 11) is 1.29. The van der Waals surface area contributed by atoms with Crippen LogP contribution < -0.4 is 15.0 Å². The highest BCUT2D eigenvalue weighted by Crippen LogP contribution is 2.38. The largest absolute Gasteiger partial charge is 0.618 e. The Kier molecular flexibility index (Phi) is 5.03. The van der Waals surface area contributed by atoms with E-state index >= 15 is 0 Å². The Hall–Kier alpha value is -3.07. The van der Waals surface area contributed by atoms with Gasteiger partial charge in [-0.15, -0.1) is 0 Å². The molecule has 0 aliphatic carbocycles. The lowest BCUT2D eigenvalue weighted by Gasteiger charge is -2.16. The SMILES string of the molecule is CC(C)C(=O)Oc1c(-c2c(F)ccc(F)c2Cl)c(=O)n(C)c2ncc[n+]([O-])c12. The van der Waals surface area contributed by atoms with Gasteiger partial charge in [-0.2, -0.15) is 4.73 Å². The second-order valence-corrected chi connectivity index (χ2v) is 6.67. The fraction of sp³-hybridized carbons (Fsp3) is 0.222. The van der Waals surface area contributed by atoms with Gasteiger partial charge >= 0.3 is 11.5 Å². The van der Waals surface area contributed by atoms with Crippen LogP contribution in [-0.4, -0.2) is 15.5 Å². The van der Waals surface area contributed by atoms with Crippen LogP contribution in [0.15, 0.2) is 29.3 Å². The van der Waals surface area contributed by atoms with Gasteiger partial charge in [0.15, 0.2) is 6.20 Å². The van der Waals surface area contributed by atoms with Crippen molar-refractivity contribution in [2.75, 3.05) is 0 Å². The zero-order valence-corrected chi connectivity index (χ0v) is 15.8. The van der Waals surface area contributed by atoms with Crippen LogP contribution in [0.1, 0.15) is 13.8 Å². The number of aryl methyl sites for hydroxylation is 1. The van der Waals surface area contributed by atoms with E-state index in [2.05, 4.69) is 4.98 Å². The van der Waals surface area contributed by atoms with E-state index in [4.69, 9.17) is 16.3 Å². The van der Waals surface area contributed by atoms with Crippen LogP contribution in [0.3, 0.4) is 0 Å². The molecule has 0 radical (unpaired) electrons. The smallest absolute Gasteiger partial charge is 0.314 e. The number of carbonyl (C=O) groups excluding carboxylic acids is 1. The van der Waals surface area contributed by atoms with Crippen LogP contribution in [0.4, 0.5) is 8.78 Å². The molecule has 0 fully saturated rings. The molecule has 0 bridgehead atoms. The monoisotopic (exact) mass is 409 g/mol. The zero-order chi connectivity index (χ0) is 20.7. The van der Waals surface area contributed by atoms with Crippen molar-refractivity contribution < 1.29 is 23.0 Å². The maximum absolute atomic E-state index is 14.6. The Morgan fingerprint density at radius 2 is 1.93 bits per heavy atom. The summed E-state index contributed by atoms with van der Waals surface area (Å²) < 4.78 is 35.1. The van der Waals surface area contributed by atoms with Crippen LogP contribution in [0, 0.1) is 22.8 Å². The highest BCUT2D eigenvalue weighted by Gasteiger charge is 2.31. The van der Waals surface area contributed by atoms with Crippen molar-refractivity contribution in [1.29, 1.82) is 0 Å². The summed E-state index contributed by atoms with van der Waals surface area (Å²) in [4.78, 5) is 29.1. The minimum Gasteiger partial charge on any atom is -0.618 e. The quantitative estimate of drug-likeness (QED) is 0.287. The van der Waals surface area contributed by atoms with Gasteiger partial charge < -0.3 is 9.94 Å². The highest BCUT2D eigenvalue weighted by atomic mass is 35.5. The molecule has 0 aliphatic heterocycles. The number of rotatable bonds is 3. The van der Waals surface area contributed by atoms with Gasteiger partial charge in [-0.1, -0.05) is 25.4 Å². The fourth-order valence-corrected chi connectivity index (χ4v) is 2.87. The topological polar surface area (TPSA) is 88.1 Å². The third-order valence-electron chi connectivity index (χ3n) is 4.08. The van der Waals surface area contributed by atoms with E-state index in [1.54, 1.807) is 0 Å². The van der Waals surface area contributed by atoms with Crippen LogP contribution in [0.5, 0.6) is 5.75 Å². The normalized spacial score (nSPS) is 11.2. The van der Waals surface area contributed by atoms with Gasteiger partial charge in [-0.25, -0.2) is 13.8 Å². The van der Waals surface area contributed by atoms with E-state index in [1.165, 1.54) is 20.9 Å². The molecule has 2 heterocycles. The Balaban J connectivity index is 2.55. The lowest BCUT2D eigenvalue weighted by atomic mass is 10.0. The summed E-state index contributed by atoms with van der Waals surface area (Å²) in [6.07, 6.45) is 2.17. The number of halogens is 3. The van der Waals surface area contributed by atoms with E-state index in [1.807, 2.05) is 0 Å². The summed E-state index contributed by atoms with van der Waals surface area (Å²) in [5, 5.41) is 11.7. The molecule has 7 nitrogen and oxygen atoms in total. The average Bonchev–Trinajstić information content (AvgIpc) is 2.64. The van der Waals surface area contributed by atoms with Gasteiger partial charge in [0.1, 0.15) is 17.2 Å². The summed E-state index contributed by atoms with van der Waals surface area (Å²) in [6, 6.07) is 1.57. The average molecular weight is 410 g/mol. The first-order chi connectivity index (χ1) is 13.1. The Morgan fingerprint density at radius 3 is 2.57 bits per heavy atom. The maximum Gasteiger partial charge on any atom is 0.314 e. The van der Waals surface area contributed by atoms with E-state index in [-0.39, 0.29) is 11.2 Å². The molecule has 0 N–H and O–H groups in total. The second-order valence-electron chi connectivity index (χ2n) is 6.29. The molecular formula is C18H14ClF2N3O4. The standard InChI is InChI=1S/C18H14ClF2N3O4/c1-8(2)18(26)28-15-12(11-9(20)4-5-10(21)13(11)19)17(25)23(3)16-14(15)24(27)7-6-22-16/h4-8H,1-3H3. The van der Waals surface area contributed by atoms with E-state index in [0.29, 0.717) is 4.73 Å². The summed E-state index contributed by atoms with van der Waals surface area (Å²) in [6.45, 7) is 3.06. The number of pyridine rings is 1. The molecular weight excluding hydrogens is 396 g/mol. The zero-order valence-electron chi connectivity index (χ0n) is 15.0. The predicted molar refractivity (Wildman–Crippen MR) is 96.8 cm³/mol. The summed E-state index contributed by atoms with van der Waals surface area (Å²) >= 11 is 5.92. The van der Waals surface area contributed by atoms with Gasteiger partial charge in [-0.3, -0.25) is 14.2 Å². The van der Waals surface area contributed by atoms with Crippen molar-refractivity contribution in [2.24, 2.45) is 13.0 Å². The van der Waals surface area contributed by atoms with Crippen molar-refractivity contribution in [2.45, 2.75) is 13.8 Å². The first kappa shape index (κ1) is 19.7. The molecule has 0 unspecified atom stereocenters. The Labute approximate surface area is 162 Å². The number of esters is 1. The third-order valence-corrected chi connectivity index (χ3v) is 4.45. The van der Waals surface area contributed by atoms with Crippen molar-refractivity contribution in [1.82, 2.24) is 9.55 Å². The number of hydrogen-bond acceptors (Lipinski definition) is 5.